The van der Waals surface area contributed by atoms with Crippen LogP contribution in [0.4, 0.5) is 11.6 Å². The fraction of sp³-hybridized carbons (Fsp3) is 0.250. The van der Waals surface area contributed by atoms with Crippen molar-refractivity contribution in [1.82, 2.24) is 24.8 Å². The van der Waals surface area contributed by atoms with Crippen LogP contribution in [0.1, 0.15) is 23.3 Å². The number of carbonyl (C=O) groups is 1. The normalized spacial score (nSPS) is 14.4. The monoisotopic (exact) mass is 462 g/mol. The molecule has 1 aromatic carbocycles. The van der Waals surface area contributed by atoms with Gasteiger partial charge < -0.3 is 19.9 Å². The molecule has 33 heavy (non-hydrogen) atoms. The molecule has 0 aliphatic carbocycles. The lowest BCUT2D eigenvalue weighted by Crippen LogP contribution is -2.40. The Hall–Kier alpha value is -3.49. The Kier molecular flexibility index (Phi) is 5.93. The first-order valence-electron chi connectivity index (χ1n) is 10.8. The van der Waals surface area contributed by atoms with Gasteiger partial charge in [-0.15, -0.1) is 0 Å². The number of halogens is 1. The molecular formula is C24H23ClN6O2. The Morgan fingerprint density at radius 1 is 1.09 bits per heavy atom. The molecule has 4 aromatic rings. The molecule has 1 saturated heterocycles. The van der Waals surface area contributed by atoms with Crippen molar-refractivity contribution < 1.29 is 9.53 Å². The number of pyridine rings is 1. The van der Waals surface area contributed by atoms with Gasteiger partial charge in [0, 0.05) is 60.3 Å². The van der Waals surface area contributed by atoms with Crippen LogP contribution < -0.4 is 5.32 Å². The second-order valence-corrected chi connectivity index (χ2v) is 8.43. The van der Waals surface area contributed by atoms with Gasteiger partial charge in [-0.25, -0.2) is 9.97 Å². The van der Waals surface area contributed by atoms with Gasteiger partial charge in [-0.3, -0.25) is 9.78 Å². The highest BCUT2D eigenvalue weighted by atomic mass is 35.5. The second-order valence-electron chi connectivity index (χ2n) is 7.99. The fourth-order valence-corrected chi connectivity index (χ4v) is 4.15. The highest BCUT2D eigenvalue weighted by Gasteiger charge is 2.24. The summed E-state index contributed by atoms with van der Waals surface area (Å²) in [4.78, 5) is 31.2. The van der Waals surface area contributed by atoms with Crippen LogP contribution in [0.3, 0.4) is 0 Å². The summed E-state index contributed by atoms with van der Waals surface area (Å²) in [7, 11) is 1.86. The van der Waals surface area contributed by atoms with Crippen LogP contribution in [-0.2, 0) is 4.74 Å². The fourth-order valence-electron chi connectivity index (χ4n) is 3.99. The molecule has 168 valence electrons. The number of anilines is 2. The predicted octanol–water partition coefficient (Wildman–Crippen LogP) is 4.67. The van der Waals surface area contributed by atoms with Crippen LogP contribution in [0, 0.1) is 0 Å². The van der Waals surface area contributed by atoms with Gasteiger partial charge in [0.1, 0.15) is 5.69 Å². The summed E-state index contributed by atoms with van der Waals surface area (Å²) in [5.41, 5.74) is 3.62. The molecule has 0 spiro atoms. The number of rotatable bonds is 5. The van der Waals surface area contributed by atoms with Crippen molar-refractivity contribution in [3.8, 4) is 11.4 Å². The number of hydrogen-bond acceptors (Lipinski definition) is 6. The zero-order valence-corrected chi connectivity index (χ0v) is 18.8. The minimum atomic E-state index is -0.0161. The van der Waals surface area contributed by atoms with Crippen LogP contribution in [0.15, 0.2) is 54.9 Å². The minimum absolute atomic E-state index is 0.0161. The molecular weight excluding hydrogens is 440 g/mol. The van der Waals surface area contributed by atoms with Crippen molar-refractivity contribution in [2.24, 2.45) is 0 Å². The molecule has 5 rings (SSSR count). The lowest BCUT2D eigenvalue weighted by Gasteiger charge is -2.30. The lowest BCUT2D eigenvalue weighted by molar-refractivity contribution is 0.0359. The third-order valence-electron chi connectivity index (χ3n) is 5.81. The van der Waals surface area contributed by atoms with E-state index >= 15 is 0 Å². The van der Waals surface area contributed by atoms with E-state index in [9.17, 15) is 4.79 Å². The zero-order valence-electron chi connectivity index (χ0n) is 18.1. The summed E-state index contributed by atoms with van der Waals surface area (Å²) >= 11 is 6.07. The Morgan fingerprint density at radius 2 is 1.91 bits per heavy atom. The average Bonchev–Trinajstić information content (AvgIpc) is 3.27. The van der Waals surface area contributed by atoms with E-state index in [4.69, 9.17) is 16.3 Å². The summed E-state index contributed by atoms with van der Waals surface area (Å²) in [5, 5.41) is 4.75. The predicted molar refractivity (Wildman–Crippen MR) is 128 cm³/mol. The van der Waals surface area contributed by atoms with E-state index in [1.165, 1.54) is 0 Å². The van der Waals surface area contributed by atoms with Gasteiger partial charge in [0.05, 0.1) is 11.4 Å². The molecule has 1 fully saturated rings. The maximum absolute atomic E-state index is 13.0. The van der Waals surface area contributed by atoms with E-state index < -0.39 is 0 Å². The molecule has 1 amide bonds. The summed E-state index contributed by atoms with van der Waals surface area (Å²) in [5.74, 6) is 0.428. The van der Waals surface area contributed by atoms with Gasteiger partial charge in [0.15, 0.2) is 0 Å². The van der Waals surface area contributed by atoms with Gasteiger partial charge in [-0.2, -0.15) is 0 Å². The Morgan fingerprint density at radius 3 is 2.73 bits per heavy atom. The Balaban J connectivity index is 1.35. The molecule has 0 radical (unpaired) electrons. The van der Waals surface area contributed by atoms with E-state index in [0.29, 0.717) is 41.3 Å². The molecule has 4 heterocycles. The summed E-state index contributed by atoms with van der Waals surface area (Å²) in [6, 6.07) is 13.2. The molecule has 1 aliphatic heterocycles. The molecule has 3 aromatic heterocycles. The topological polar surface area (TPSA) is 96.0 Å². The van der Waals surface area contributed by atoms with E-state index in [0.717, 1.165) is 29.4 Å². The van der Waals surface area contributed by atoms with Gasteiger partial charge in [-0.05, 0) is 55.3 Å². The maximum atomic E-state index is 13.0. The second kappa shape index (κ2) is 9.17. The number of H-pyrrole nitrogens is 1. The van der Waals surface area contributed by atoms with E-state index in [-0.39, 0.29) is 11.9 Å². The highest BCUT2D eigenvalue weighted by Crippen LogP contribution is 2.25. The number of aromatic amines is 1. The first-order valence-corrected chi connectivity index (χ1v) is 11.1. The number of aromatic nitrogens is 4. The third kappa shape index (κ3) is 4.67. The van der Waals surface area contributed by atoms with Gasteiger partial charge in [0.2, 0.25) is 5.95 Å². The third-order valence-corrected chi connectivity index (χ3v) is 6.04. The number of hydrogen-bond donors (Lipinski definition) is 2. The first-order chi connectivity index (χ1) is 16.1. The van der Waals surface area contributed by atoms with Crippen molar-refractivity contribution in [3.05, 3.63) is 65.6 Å². The number of fused-ring (bicyclic) bond motifs is 1. The zero-order chi connectivity index (χ0) is 22.8. The lowest BCUT2D eigenvalue weighted by atomic mass is 10.1. The Bertz CT molecular complexity index is 1300. The van der Waals surface area contributed by atoms with Crippen LogP contribution in [-0.4, -0.2) is 57.0 Å². The SMILES string of the molecule is CN(C(=O)c1cc2cc(Nc3nccc(-c4cc(Cl)ccn4)n3)ccc2[nH]1)C1CCOCC1. The minimum Gasteiger partial charge on any atom is -0.381 e. The van der Waals surface area contributed by atoms with Crippen molar-refractivity contribution in [1.29, 1.82) is 0 Å². The molecule has 1 aliphatic rings. The molecule has 0 saturated carbocycles. The molecule has 9 heteroatoms. The largest absolute Gasteiger partial charge is 0.381 e. The molecule has 0 unspecified atom stereocenters. The van der Waals surface area contributed by atoms with E-state index in [1.807, 2.05) is 36.2 Å². The summed E-state index contributed by atoms with van der Waals surface area (Å²) in [6.45, 7) is 1.39. The van der Waals surface area contributed by atoms with Crippen molar-refractivity contribution >= 4 is 40.0 Å². The summed E-state index contributed by atoms with van der Waals surface area (Å²) in [6.07, 6.45) is 5.04. The number of amides is 1. The van der Waals surface area contributed by atoms with E-state index in [1.54, 1.807) is 30.6 Å². The number of ether oxygens (including phenoxy) is 1. The number of carbonyl (C=O) groups excluding carboxylic acids is 1. The smallest absolute Gasteiger partial charge is 0.270 e. The van der Waals surface area contributed by atoms with Gasteiger partial charge in [0.25, 0.3) is 5.91 Å². The van der Waals surface area contributed by atoms with Crippen LogP contribution >= 0.6 is 11.6 Å². The molecule has 0 bridgehead atoms. The van der Waals surface area contributed by atoms with Crippen molar-refractivity contribution in [2.75, 3.05) is 25.6 Å². The first kappa shape index (κ1) is 21.4. The van der Waals surface area contributed by atoms with E-state index in [2.05, 4.69) is 25.3 Å². The molecule has 8 nitrogen and oxygen atoms in total. The summed E-state index contributed by atoms with van der Waals surface area (Å²) < 4.78 is 5.41. The molecule has 2 N–H and O–H groups in total. The van der Waals surface area contributed by atoms with Crippen LogP contribution in [0.2, 0.25) is 5.02 Å². The number of nitrogens with one attached hydrogen (secondary N) is 2. The van der Waals surface area contributed by atoms with Crippen LogP contribution in [0.25, 0.3) is 22.3 Å². The van der Waals surface area contributed by atoms with Crippen LogP contribution in [0.5, 0.6) is 0 Å². The molecule has 0 atom stereocenters. The number of benzene rings is 1. The van der Waals surface area contributed by atoms with Crippen molar-refractivity contribution in [3.63, 3.8) is 0 Å². The quantitative estimate of drug-likeness (QED) is 0.447. The Labute approximate surface area is 196 Å². The van der Waals surface area contributed by atoms with Gasteiger partial charge in [-0.1, -0.05) is 11.6 Å². The van der Waals surface area contributed by atoms with Crippen molar-refractivity contribution in [2.45, 2.75) is 18.9 Å². The number of nitrogens with zero attached hydrogens (tertiary/aromatic N) is 4. The highest BCUT2D eigenvalue weighted by molar-refractivity contribution is 6.30. The average molecular weight is 463 g/mol. The standard InChI is InChI=1S/C24H23ClN6O2/c1-31(18-6-10-33-11-7-18)23(32)22-13-15-12-17(2-3-19(15)29-22)28-24-27-9-5-20(30-24)21-14-16(25)4-8-26-21/h2-5,8-9,12-14,18,29H,6-7,10-11H2,1H3,(H,27,28,30). The van der Waals surface area contributed by atoms with Gasteiger partial charge >= 0.3 is 0 Å². The maximum Gasteiger partial charge on any atom is 0.270 e.